The summed E-state index contributed by atoms with van der Waals surface area (Å²) in [6.45, 7) is 5.81. The molecule has 132 valence electrons. The third kappa shape index (κ3) is 5.59. The zero-order valence-electron chi connectivity index (χ0n) is 14.1. The number of ether oxygens (including phenoxy) is 1. The number of benzene rings is 2. The number of para-hydroxylation sites is 1. The molecule has 1 heterocycles. The van der Waals surface area contributed by atoms with Crippen molar-refractivity contribution in [2.24, 2.45) is 0 Å². The van der Waals surface area contributed by atoms with Crippen LogP contribution < -0.4 is 15.0 Å². The summed E-state index contributed by atoms with van der Waals surface area (Å²) in [6.07, 6.45) is 0. The van der Waals surface area contributed by atoms with Crippen molar-refractivity contribution >= 4 is 34.6 Å². The molecule has 2 aromatic rings. The van der Waals surface area contributed by atoms with E-state index in [4.69, 9.17) is 28.6 Å². The van der Waals surface area contributed by atoms with Gasteiger partial charge in [0.25, 0.3) is 0 Å². The van der Waals surface area contributed by atoms with E-state index in [-0.39, 0.29) is 0 Å². The molecular formula is C19H23ClN3OS+. The smallest absolute Gasteiger partial charge is 0.173 e. The van der Waals surface area contributed by atoms with Gasteiger partial charge in [0, 0.05) is 10.7 Å². The Labute approximate surface area is 159 Å². The number of anilines is 1. The van der Waals surface area contributed by atoms with E-state index in [9.17, 15) is 0 Å². The van der Waals surface area contributed by atoms with Gasteiger partial charge in [-0.25, -0.2) is 0 Å². The lowest BCUT2D eigenvalue weighted by atomic mass is 10.3. The molecule has 4 nitrogen and oxygen atoms in total. The average Bonchev–Trinajstić information content (AvgIpc) is 2.65. The fourth-order valence-electron chi connectivity index (χ4n) is 2.84. The van der Waals surface area contributed by atoms with Crippen molar-refractivity contribution in [3.63, 3.8) is 0 Å². The van der Waals surface area contributed by atoms with E-state index in [1.165, 1.54) is 0 Å². The number of halogens is 1. The Hall–Kier alpha value is -1.82. The summed E-state index contributed by atoms with van der Waals surface area (Å²) in [6, 6.07) is 17.6. The Morgan fingerprint density at radius 1 is 1.08 bits per heavy atom. The Balaban J connectivity index is 1.37. The molecule has 0 radical (unpaired) electrons. The largest absolute Gasteiger partial charge is 0.488 e. The second kappa shape index (κ2) is 9.04. The molecule has 0 spiro atoms. The minimum absolute atomic E-state index is 0.728. The van der Waals surface area contributed by atoms with Gasteiger partial charge in [-0.3, -0.25) is 0 Å². The normalized spacial score (nSPS) is 15.0. The first kappa shape index (κ1) is 18.0. The van der Waals surface area contributed by atoms with Gasteiger partial charge in [-0.1, -0.05) is 29.8 Å². The second-order valence-electron chi connectivity index (χ2n) is 6.09. The number of nitrogens with one attached hydrogen (secondary N) is 2. The van der Waals surface area contributed by atoms with Gasteiger partial charge in [0.05, 0.1) is 26.2 Å². The van der Waals surface area contributed by atoms with Crippen LogP contribution in [-0.2, 0) is 0 Å². The van der Waals surface area contributed by atoms with Crippen LogP contribution >= 0.6 is 23.8 Å². The fraction of sp³-hybridized carbons (Fsp3) is 0.316. The highest BCUT2D eigenvalue weighted by molar-refractivity contribution is 7.80. The van der Waals surface area contributed by atoms with E-state index in [0.717, 1.165) is 60.9 Å². The molecule has 0 bridgehead atoms. The molecule has 0 atom stereocenters. The number of hydrogen-bond donors (Lipinski definition) is 2. The summed E-state index contributed by atoms with van der Waals surface area (Å²) in [5.41, 5.74) is 0.973. The lowest BCUT2D eigenvalue weighted by Crippen LogP contribution is -3.15. The zero-order valence-corrected chi connectivity index (χ0v) is 15.7. The monoisotopic (exact) mass is 376 g/mol. The van der Waals surface area contributed by atoms with Crippen LogP contribution in [0.15, 0.2) is 54.6 Å². The zero-order chi connectivity index (χ0) is 17.5. The second-order valence-corrected chi connectivity index (χ2v) is 6.91. The summed E-state index contributed by atoms with van der Waals surface area (Å²) in [7, 11) is 0. The van der Waals surface area contributed by atoms with Gasteiger partial charge in [-0.2, -0.15) is 0 Å². The predicted molar refractivity (Wildman–Crippen MR) is 107 cm³/mol. The summed E-state index contributed by atoms with van der Waals surface area (Å²) in [5, 5.41) is 4.79. The number of piperazine rings is 1. The molecule has 25 heavy (non-hydrogen) atoms. The van der Waals surface area contributed by atoms with Crippen molar-refractivity contribution in [2.45, 2.75) is 0 Å². The van der Waals surface area contributed by atoms with E-state index >= 15 is 0 Å². The SMILES string of the molecule is S=C(Nc1ccc(Cl)cc1)N1CC[NH+](CCOc2ccccc2)CC1. The molecule has 3 rings (SSSR count). The minimum atomic E-state index is 0.728. The molecule has 0 saturated carbocycles. The molecule has 0 amide bonds. The Morgan fingerprint density at radius 3 is 2.44 bits per heavy atom. The molecule has 6 heteroatoms. The Morgan fingerprint density at radius 2 is 1.76 bits per heavy atom. The van der Waals surface area contributed by atoms with E-state index in [1.807, 2.05) is 54.6 Å². The van der Waals surface area contributed by atoms with Crippen LogP contribution in [-0.4, -0.2) is 49.3 Å². The first-order valence-electron chi connectivity index (χ1n) is 8.53. The highest BCUT2D eigenvalue weighted by atomic mass is 35.5. The topological polar surface area (TPSA) is 28.9 Å². The number of quaternary nitrogens is 1. The lowest BCUT2D eigenvalue weighted by molar-refractivity contribution is -0.903. The number of nitrogens with zero attached hydrogens (tertiary/aromatic N) is 1. The third-order valence-electron chi connectivity index (χ3n) is 4.32. The molecule has 2 aromatic carbocycles. The minimum Gasteiger partial charge on any atom is -0.488 e. The van der Waals surface area contributed by atoms with Crippen molar-refractivity contribution in [1.29, 1.82) is 0 Å². The summed E-state index contributed by atoms with van der Waals surface area (Å²) < 4.78 is 5.79. The van der Waals surface area contributed by atoms with E-state index < -0.39 is 0 Å². The van der Waals surface area contributed by atoms with E-state index in [1.54, 1.807) is 4.90 Å². The molecule has 0 unspecified atom stereocenters. The molecular weight excluding hydrogens is 354 g/mol. The van der Waals surface area contributed by atoms with Crippen molar-refractivity contribution in [3.05, 3.63) is 59.6 Å². The Bertz CT molecular complexity index is 673. The number of hydrogen-bond acceptors (Lipinski definition) is 2. The first-order chi connectivity index (χ1) is 12.2. The summed E-state index contributed by atoms with van der Waals surface area (Å²) in [4.78, 5) is 3.78. The highest BCUT2D eigenvalue weighted by Gasteiger charge is 2.21. The van der Waals surface area contributed by atoms with Crippen LogP contribution in [0.25, 0.3) is 0 Å². The number of rotatable bonds is 5. The Kier molecular flexibility index (Phi) is 6.50. The van der Waals surface area contributed by atoms with Gasteiger partial charge < -0.3 is 19.9 Å². The van der Waals surface area contributed by atoms with Crippen LogP contribution in [0.5, 0.6) is 5.75 Å². The maximum Gasteiger partial charge on any atom is 0.173 e. The maximum atomic E-state index is 5.91. The van der Waals surface area contributed by atoms with Crippen LogP contribution in [0.1, 0.15) is 0 Å². The quantitative estimate of drug-likeness (QED) is 0.784. The molecule has 1 fully saturated rings. The molecule has 0 aromatic heterocycles. The maximum absolute atomic E-state index is 5.91. The van der Waals surface area contributed by atoms with Gasteiger partial charge in [-0.05, 0) is 48.6 Å². The highest BCUT2D eigenvalue weighted by Crippen LogP contribution is 2.14. The third-order valence-corrected chi connectivity index (χ3v) is 4.93. The van der Waals surface area contributed by atoms with Gasteiger partial charge in [0.2, 0.25) is 0 Å². The van der Waals surface area contributed by atoms with Gasteiger partial charge >= 0.3 is 0 Å². The van der Waals surface area contributed by atoms with Crippen molar-refractivity contribution in [2.75, 3.05) is 44.6 Å². The van der Waals surface area contributed by atoms with Crippen LogP contribution in [0.3, 0.4) is 0 Å². The first-order valence-corrected chi connectivity index (χ1v) is 9.32. The van der Waals surface area contributed by atoms with E-state index in [0.29, 0.717) is 0 Å². The van der Waals surface area contributed by atoms with Crippen molar-refractivity contribution in [1.82, 2.24) is 4.90 Å². The molecule has 1 aliphatic heterocycles. The van der Waals surface area contributed by atoms with Crippen molar-refractivity contribution < 1.29 is 9.64 Å². The number of thiocarbonyl (C=S) groups is 1. The van der Waals surface area contributed by atoms with Crippen molar-refractivity contribution in [3.8, 4) is 5.75 Å². The molecule has 1 saturated heterocycles. The van der Waals surface area contributed by atoms with Gasteiger partial charge in [0.1, 0.15) is 18.9 Å². The lowest BCUT2D eigenvalue weighted by Gasteiger charge is -2.33. The van der Waals surface area contributed by atoms with Gasteiger partial charge in [-0.15, -0.1) is 0 Å². The van der Waals surface area contributed by atoms with E-state index in [2.05, 4.69) is 10.2 Å². The average molecular weight is 377 g/mol. The van der Waals surface area contributed by atoms with Crippen LogP contribution in [0.2, 0.25) is 5.02 Å². The molecule has 0 aliphatic carbocycles. The molecule has 2 N–H and O–H groups in total. The summed E-state index contributed by atoms with van der Waals surface area (Å²) >= 11 is 11.4. The molecule has 1 aliphatic rings. The summed E-state index contributed by atoms with van der Waals surface area (Å²) in [5.74, 6) is 0.939. The van der Waals surface area contributed by atoms with Gasteiger partial charge in [0.15, 0.2) is 5.11 Å². The predicted octanol–water partition coefficient (Wildman–Crippen LogP) is 2.32. The standard InChI is InChI=1S/C19H22ClN3OS/c20-16-6-8-17(9-7-16)21-19(25)23-12-10-22(11-13-23)14-15-24-18-4-2-1-3-5-18/h1-9H,10-15H2,(H,21,25)/p+1. The fourth-order valence-corrected chi connectivity index (χ4v) is 3.27. The van der Waals surface area contributed by atoms with Crippen LogP contribution in [0, 0.1) is 0 Å². The van der Waals surface area contributed by atoms with Crippen LogP contribution in [0.4, 0.5) is 5.69 Å².